The zero-order chi connectivity index (χ0) is 13.6. The molecule has 7 nitrogen and oxygen atoms in total. The summed E-state index contributed by atoms with van der Waals surface area (Å²) in [5, 5.41) is 5.01. The van der Waals surface area contributed by atoms with Crippen molar-refractivity contribution in [1.82, 2.24) is 19.7 Å². The van der Waals surface area contributed by atoms with Crippen LogP contribution in [0.15, 0.2) is 12.5 Å². The predicted octanol–water partition coefficient (Wildman–Crippen LogP) is -0.0134. The second-order valence-electron chi connectivity index (χ2n) is 4.87. The minimum absolute atomic E-state index is 0.0247. The molecule has 1 aliphatic rings. The third kappa shape index (κ3) is 2.05. The number of fused-ring (bicyclic) bond motifs is 1. The highest BCUT2D eigenvalue weighted by atomic mass is 32.2. The molecule has 2 aromatic rings. The Bertz CT molecular complexity index is 724. The van der Waals surface area contributed by atoms with Gasteiger partial charge in [0.15, 0.2) is 15.5 Å². The van der Waals surface area contributed by atoms with E-state index in [1.54, 1.807) is 10.9 Å². The van der Waals surface area contributed by atoms with Gasteiger partial charge in [0.25, 0.3) is 0 Å². The van der Waals surface area contributed by atoms with Gasteiger partial charge in [0.1, 0.15) is 12.1 Å². The predicted molar refractivity (Wildman–Crippen MR) is 71.8 cm³/mol. The molecule has 3 heterocycles. The fraction of sp³-hybridized carbons (Fsp3) is 0.545. The van der Waals surface area contributed by atoms with E-state index in [2.05, 4.69) is 15.1 Å². The Kier molecular flexibility index (Phi) is 2.70. The van der Waals surface area contributed by atoms with Crippen LogP contribution in [0.1, 0.15) is 6.42 Å². The summed E-state index contributed by atoms with van der Waals surface area (Å²) in [6.45, 7) is 0. The molecule has 2 aromatic heterocycles. The number of hydrogen-bond donors (Lipinski definition) is 0. The Morgan fingerprint density at radius 2 is 2.21 bits per heavy atom. The Morgan fingerprint density at radius 3 is 2.89 bits per heavy atom. The van der Waals surface area contributed by atoms with Crippen LogP contribution >= 0.6 is 0 Å². The highest BCUT2D eigenvalue weighted by Gasteiger charge is 2.32. The minimum atomic E-state index is -2.90. The third-order valence-corrected chi connectivity index (χ3v) is 5.35. The number of nitrogens with zero attached hydrogens (tertiary/aromatic N) is 5. The van der Waals surface area contributed by atoms with E-state index >= 15 is 0 Å². The highest BCUT2D eigenvalue weighted by molar-refractivity contribution is 7.91. The Hall–Kier alpha value is -1.70. The summed E-state index contributed by atoms with van der Waals surface area (Å²) in [6.07, 6.45) is 3.84. The second kappa shape index (κ2) is 4.16. The van der Waals surface area contributed by atoms with Gasteiger partial charge in [0.2, 0.25) is 0 Å². The maximum atomic E-state index is 11.6. The van der Waals surface area contributed by atoms with Gasteiger partial charge < -0.3 is 4.90 Å². The van der Waals surface area contributed by atoms with Gasteiger partial charge in [0, 0.05) is 20.1 Å². The number of rotatable bonds is 2. The molecule has 1 aliphatic heterocycles. The van der Waals surface area contributed by atoms with Gasteiger partial charge in [-0.3, -0.25) is 4.68 Å². The Balaban J connectivity index is 2.00. The van der Waals surface area contributed by atoms with Crippen molar-refractivity contribution >= 4 is 26.7 Å². The molecular weight excluding hydrogens is 266 g/mol. The lowest BCUT2D eigenvalue weighted by atomic mass is 10.2. The average molecular weight is 281 g/mol. The van der Waals surface area contributed by atoms with Crippen LogP contribution in [0.5, 0.6) is 0 Å². The minimum Gasteiger partial charge on any atom is -0.355 e. The smallest absolute Gasteiger partial charge is 0.163 e. The van der Waals surface area contributed by atoms with Gasteiger partial charge in [-0.25, -0.2) is 18.4 Å². The lowest BCUT2D eigenvalue weighted by molar-refractivity contribution is 0.600. The zero-order valence-electron chi connectivity index (χ0n) is 10.8. The topological polar surface area (TPSA) is 81.0 Å². The van der Waals surface area contributed by atoms with E-state index in [4.69, 9.17) is 0 Å². The van der Waals surface area contributed by atoms with Gasteiger partial charge in [-0.1, -0.05) is 0 Å². The maximum Gasteiger partial charge on any atom is 0.163 e. The van der Waals surface area contributed by atoms with Gasteiger partial charge in [0.05, 0.1) is 23.1 Å². The zero-order valence-corrected chi connectivity index (χ0v) is 11.6. The molecule has 0 radical (unpaired) electrons. The molecule has 1 saturated heterocycles. The summed E-state index contributed by atoms with van der Waals surface area (Å²) in [5.41, 5.74) is 0.748. The van der Waals surface area contributed by atoms with Crippen molar-refractivity contribution in [3.8, 4) is 0 Å². The van der Waals surface area contributed by atoms with Crippen molar-refractivity contribution in [2.75, 3.05) is 23.5 Å². The number of aryl methyl sites for hydroxylation is 1. The molecular formula is C11H15N5O2S. The number of sulfone groups is 1. The summed E-state index contributed by atoms with van der Waals surface area (Å²) in [6, 6.07) is -0.0247. The first-order chi connectivity index (χ1) is 8.98. The van der Waals surface area contributed by atoms with Gasteiger partial charge >= 0.3 is 0 Å². The highest BCUT2D eigenvalue weighted by Crippen LogP contribution is 2.26. The van der Waals surface area contributed by atoms with Crippen LogP contribution in [0.25, 0.3) is 11.0 Å². The molecule has 0 saturated carbocycles. The normalized spacial score (nSPS) is 21.9. The first-order valence-corrected chi connectivity index (χ1v) is 7.86. The summed E-state index contributed by atoms with van der Waals surface area (Å²) in [7, 11) is 0.791. The van der Waals surface area contributed by atoms with E-state index in [1.165, 1.54) is 6.33 Å². The Labute approximate surface area is 111 Å². The second-order valence-corrected chi connectivity index (χ2v) is 7.10. The van der Waals surface area contributed by atoms with Crippen LogP contribution in [-0.2, 0) is 16.9 Å². The van der Waals surface area contributed by atoms with E-state index in [9.17, 15) is 8.42 Å². The number of hydrogen-bond acceptors (Lipinski definition) is 6. The maximum absolute atomic E-state index is 11.6. The van der Waals surface area contributed by atoms with Crippen LogP contribution in [0.4, 0.5) is 5.82 Å². The van der Waals surface area contributed by atoms with Gasteiger partial charge in [-0.05, 0) is 6.42 Å². The molecule has 1 atom stereocenters. The van der Waals surface area contributed by atoms with Crippen LogP contribution < -0.4 is 4.90 Å². The quantitative estimate of drug-likeness (QED) is 0.770. The monoisotopic (exact) mass is 281 g/mol. The van der Waals surface area contributed by atoms with E-state index in [1.807, 2.05) is 19.0 Å². The van der Waals surface area contributed by atoms with E-state index in [-0.39, 0.29) is 17.5 Å². The summed E-state index contributed by atoms with van der Waals surface area (Å²) < 4.78 is 24.8. The molecule has 3 rings (SSSR count). The number of anilines is 1. The lowest BCUT2D eigenvalue weighted by Gasteiger charge is -2.24. The van der Waals surface area contributed by atoms with Crippen molar-refractivity contribution in [3.63, 3.8) is 0 Å². The van der Waals surface area contributed by atoms with E-state index in [0.717, 1.165) is 16.9 Å². The fourth-order valence-corrected chi connectivity index (χ4v) is 4.26. The molecule has 0 spiro atoms. The van der Waals surface area contributed by atoms with Crippen molar-refractivity contribution in [2.24, 2.45) is 7.05 Å². The number of aromatic nitrogens is 4. The Morgan fingerprint density at radius 1 is 1.42 bits per heavy atom. The molecule has 0 N–H and O–H groups in total. The standard InChI is InChI=1S/C11H15N5O2S/c1-15(8-3-4-19(17,18)6-8)10-9-5-14-16(2)11(9)13-7-12-10/h5,7-8H,3-4,6H2,1-2H3. The molecule has 1 fully saturated rings. The van der Waals surface area contributed by atoms with Gasteiger partial charge in [-0.15, -0.1) is 0 Å². The van der Waals surface area contributed by atoms with E-state index in [0.29, 0.717) is 6.42 Å². The SMILES string of the molecule is CN(c1ncnc2c1cnn2C)C1CCS(=O)(=O)C1. The summed E-state index contributed by atoms with van der Waals surface area (Å²) in [4.78, 5) is 10.4. The van der Waals surface area contributed by atoms with Crippen molar-refractivity contribution in [1.29, 1.82) is 0 Å². The van der Waals surface area contributed by atoms with Crippen molar-refractivity contribution < 1.29 is 8.42 Å². The van der Waals surface area contributed by atoms with Crippen LogP contribution in [0.2, 0.25) is 0 Å². The van der Waals surface area contributed by atoms with Crippen molar-refractivity contribution in [2.45, 2.75) is 12.5 Å². The largest absolute Gasteiger partial charge is 0.355 e. The van der Waals surface area contributed by atoms with Gasteiger partial charge in [-0.2, -0.15) is 5.10 Å². The van der Waals surface area contributed by atoms with Crippen LogP contribution in [-0.4, -0.2) is 52.8 Å². The molecule has 102 valence electrons. The summed E-state index contributed by atoms with van der Waals surface area (Å²) >= 11 is 0. The molecule has 0 aliphatic carbocycles. The first kappa shape index (κ1) is 12.3. The molecule has 8 heteroatoms. The fourth-order valence-electron chi connectivity index (χ4n) is 2.48. The van der Waals surface area contributed by atoms with Crippen LogP contribution in [0.3, 0.4) is 0 Å². The summed E-state index contributed by atoms with van der Waals surface area (Å²) in [5.74, 6) is 1.18. The molecule has 0 amide bonds. The molecule has 0 bridgehead atoms. The first-order valence-electron chi connectivity index (χ1n) is 6.04. The average Bonchev–Trinajstić information content (AvgIpc) is 2.92. The molecule has 1 unspecified atom stereocenters. The lowest BCUT2D eigenvalue weighted by Crippen LogP contribution is -2.33. The van der Waals surface area contributed by atoms with Crippen LogP contribution in [0, 0.1) is 0 Å². The molecule has 19 heavy (non-hydrogen) atoms. The van der Waals surface area contributed by atoms with Crippen molar-refractivity contribution in [3.05, 3.63) is 12.5 Å². The third-order valence-electron chi connectivity index (χ3n) is 3.60. The molecule has 0 aromatic carbocycles. The van der Waals surface area contributed by atoms with E-state index < -0.39 is 9.84 Å².